The van der Waals surface area contributed by atoms with Gasteiger partial charge >= 0.3 is 0 Å². The van der Waals surface area contributed by atoms with E-state index >= 15 is 0 Å². The highest BCUT2D eigenvalue weighted by molar-refractivity contribution is 5.76. The highest BCUT2D eigenvalue weighted by atomic mass is 16.5. The van der Waals surface area contributed by atoms with E-state index in [0.717, 1.165) is 39.0 Å². The molecule has 25 heavy (non-hydrogen) atoms. The Morgan fingerprint density at radius 2 is 1.72 bits per heavy atom. The number of rotatable bonds is 4. The molecule has 3 saturated heterocycles. The van der Waals surface area contributed by atoms with Crippen molar-refractivity contribution in [3.63, 3.8) is 0 Å². The third-order valence-corrected chi connectivity index (χ3v) is 6.23. The van der Waals surface area contributed by atoms with Gasteiger partial charge in [-0.2, -0.15) is 0 Å². The quantitative estimate of drug-likeness (QED) is 0.727. The van der Waals surface area contributed by atoms with Gasteiger partial charge in [-0.3, -0.25) is 4.79 Å². The fourth-order valence-corrected chi connectivity index (χ4v) is 5.57. The molecule has 3 N–H and O–H groups in total. The monoisotopic (exact) mass is 351 g/mol. The van der Waals surface area contributed by atoms with Gasteiger partial charge < -0.3 is 20.7 Å². The molecular weight excluding hydrogens is 314 g/mol. The molecule has 0 aromatic rings. The molecule has 0 aromatic carbocycles. The van der Waals surface area contributed by atoms with Gasteiger partial charge in [-0.25, -0.2) is 0 Å². The highest BCUT2D eigenvalue weighted by Crippen LogP contribution is 2.40. The Bertz CT molecular complexity index is 467. The molecule has 3 aliphatic rings. The zero-order valence-electron chi connectivity index (χ0n) is 16.5. The van der Waals surface area contributed by atoms with E-state index in [4.69, 9.17) is 4.74 Å². The van der Waals surface area contributed by atoms with Crippen LogP contribution in [0.25, 0.3) is 0 Å². The average molecular weight is 352 g/mol. The van der Waals surface area contributed by atoms with E-state index < -0.39 is 0 Å². The Kier molecular flexibility index (Phi) is 5.48. The molecule has 3 rings (SSSR count). The van der Waals surface area contributed by atoms with E-state index in [1.165, 1.54) is 12.8 Å². The molecule has 0 saturated carbocycles. The summed E-state index contributed by atoms with van der Waals surface area (Å²) in [6, 6.07) is 0. The second-order valence-corrected chi connectivity index (χ2v) is 10.1. The van der Waals surface area contributed by atoms with Crippen molar-refractivity contribution in [3.8, 4) is 0 Å². The van der Waals surface area contributed by atoms with Crippen LogP contribution >= 0.6 is 0 Å². The predicted octanol–water partition coefficient (Wildman–Crippen LogP) is 2.21. The van der Waals surface area contributed by atoms with Crippen LogP contribution in [-0.4, -0.2) is 49.3 Å². The molecule has 5 nitrogen and oxygen atoms in total. The third kappa shape index (κ3) is 5.18. The normalized spacial score (nSPS) is 31.1. The summed E-state index contributed by atoms with van der Waals surface area (Å²) in [4.78, 5) is 12.5. The van der Waals surface area contributed by atoms with E-state index in [9.17, 15) is 4.79 Å². The van der Waals surface area contributed by atoms with Crippen molar-refractivity contribution in [2.45, 2.75) is 83.4 Å². The zero-order valence-corrected chi connectivity index (χ0v) is 16.5. The van der Waals surface area contributed by atoms with Crippen LogP contribution in [0.5, 0.6) is 0 Å². The first kappa shape index (κ1) is 19.1. The van der Waals surface area contributed by atoms with E-state index in [0.29, 0.717) is 24.3 Å². The summed E-state index contributed by atoms with van der Waals surface area (Å²) >= 11 is 0. The van der Waals surface area contributed by atoms with Crippen molar-refractivity contribution in [1.82, 2.24) is 16.0 Å². The number of piperidine rings is 2. The Balaban J connectivity index is 1.42. The zero-order chi connectivity index (χ0) is 18.1. The van der Waals surface area contributed by atoms with Crippen LogP contribution in [0.2, 0.25) is 0 Å². The number of carbonyl (C=O) groups excluding carboxylic acids is 1. The standard InChI is InChI=1S/C20H37N3O2/c1-18(2)10-15(11-19(3,4)23-18)9-17(24)22-13-16-12-20(14-25-16)5-7-21-8-6-20/h15-16,21,23H,5-14H2,1-4H3,(H,22,24). The maximum Gasteiger partial charge on any atom is 0.220 e. The molecule has 3 aliphatic heterocycles. The number of hydrogen-bond acceptors (Lipinski definition) is 4. The first-order valence-corrected chi connectivity index (χ1v) is 10.1. The topological polar surface area (TPSA) is 62.4 Å². The third-order valence-electron chi connectivity index (χ3n) is 6.23. The summed E-state index contributed by atoms with van der Waals surface area (Å²) in [6.45, 7) is 12.7. The maximum atomic E-state index is 12.5. The molecule has 0 radical (unpaired) electrons. The summed E-state index contributed by atoms with van der Waals surface area (Å²) in [5.74, 6) is 0.639. The molecule has 3 heterocycles. The molecule has 144 valence electrons. The number of amides is 1. The Morgan fingerprint density at radius 3 is 2.36 bits per heavy atom. The van der Waals surface area contributed by atoms with Crippen LogP contribution < -0.4 is 16.0 Å². The lowest BCUT2D eigenvalue weighted by Gasteiger charge is -2.46. The van der Waals surface area contributed by atoms with E-state index in [-0.39, 0.29) is 23.1 Å². The molecule has 0 bridgehead atoms. The molecule has 1 atom stereocenters. The van der Waals surface area contributed by atoms with Crippen molar-refractivity contribution in [3.05, 3.63) is 0 Å². The summed E-state index contributed by atoms with van der Waals surface area (Å²) in [5, 5.41) is 10.3. The molecule has 5 heteroatoms. The van der Waals surface area contributed by atoms with Crippen molar-refractivity contribution < 1.29 is 9.53 Å². The summed E-state index contributed by atoms with van der Waals surface area (Å²) in [7, 11) is 0. The Labute approximate surface area is 153 Å². The molecule has 1 amide bonds. The second-order valence-electron chi connectivity index (χ2n) is 10.1. The van der Waals surface area contributed by atoms with Gasteiger partial charge in [-0.05, 0) is 84.2 Å². The molecule has 0 aliphatic carbocycles. The van der Waals surface area contributed by atoms with Gasteiger partial charge in [0.1, 0.15) is 0 Å². The van der Waals surface area contributed by atoms with Crippen molar-refractivity contribution in [2.24, 2.45) is 11.3 Å². The van der Waals surface area contributed by atoms with Gasteiger partial charge in [0.15, 0.2) is 0 Å². The van der Waals surface area contributed by atoms with Crippen LogP contribution in [0.15, 0.2) is 0 Å². The fraction of sp³-hybridized carbons (Fsp3) is 0.950. The summed E-state index contributed by atoms with van der Waals surface area (Å²) in [6.07, 6.45) is 6.45. The van der Waals surface area contributed by atoms with Gasteiger partial charge in [0, 0.05) is 24.0 Å². The molecule has 3 fully saturated rings. The minimum absolute atomic E-state index is 0.0999. The number of nitrogens with one attached hydrogen (secondary N) is 3. The highest BCUT2D eigenvalue weighted by Gasteiger charge is 2.41. The van der Waals surface area contributed by atoms with Crippen LogP contribution in [0.4, 0.5) is 0 Å². The molecule has 1 unspecified atom stereocenters. The minimum Gasteiger partial charge on any atom is -0.376 e. The SMILES string of the molecule is CC1(C)CC(CC(=O)NCC2CC3(CCNCC3)CO2)CC(C)(C)N1. The maximum absolute atomic E-state index is 12.5. The molecular formula is C20H37N3O2. The number of hydrogen-bond donors (Lipinski definition) is 3. The lowest BCUT2D eigenvalue weighted by molar-refractivity contribution is -0.123. The fourth-order valence-electron chi connectivity index (χ4n) is 5.57. The van der Waals surface area contributed by atoms with Crippen LogP contribution in [0, 0.1) is 11.3 Å². The summed E-state index contributed by atoms with van der Waals surface area (Å²) in [5.41, 5.74) is 0.565. The van der Waals surface area contributed by atoms with E-state index in [1.807, 2.05) is 0 Å². The van der Waals surface area contributed by atoms with Crippen molar-refractivity contribution in [1.29, 1.82) is 0 Å². The Morgan fingerprint density at radius 1 is 1.08 bits per heavy atom. The number of ether oxygens (including phenoxy) is 1. The second kappa shape index (κ2) is 7.16. The minimum atomic E-state index is 0.0999. The van der Waals surface area contributed by atoms with Gasteiger partial charge in [-0.1, -0.05) is 0 Å². The lowest BCUT2D eigenvalue weighted by Crippen LogP contribution is -2.58. The molecule has 1 spiro atoms. The smallest absolute Gasteiger partial charge is 0.220 e. The molecule has 0 aromatic heterocycles. The van der Waals surface area contributed by atoms with Crippen molar-refractivity contribution in [2.75, 3.05) is 26.2 Å². The largest absolute Gasteiger partial charge is 0.376 e. The first-order valence-electron chi connectivity index (χ1n) is 10.1. The van der Waals surface area contributed by atoms with E-state index in [1.54, 1.807) is 0 Å². The van der Waals surface area contributed by atoms with Crippen LogP contribution in [0.3, 0.4) is 0 Å². The van der Waals surface area contributed by atoms with E-state index in [2.05, 4.69) is 43.6 Å². The van der Waals surface area contributed by atoms with Gasteiger partial charge in [0.25, 0.3) is 0 Å². The average Bonchev–Trinajstić information content (AvgIpc) is 2.85. The Hall–Kier alpha value is -0.650. The predicted molar refractivity (Wildman–Crippen MR) is 101 cm³/mol. The summed E-state index contributed by atoms with van der Waals surface area (Å²) < 4.78 is 6.00. The van der Waals surface area contributed by atoms with Crippen molar-refractivity contribution >= 4 is 5.91 Å². The van der Waals surface area contributed by atoms with Crippen LogP contribution in [0.1, 0.15) is 66.2 Å². The van der Waals surface area contributed by atoms with Crippen LogP contribution in [-0.2, 0) is 9.53 Å². The van der Waals surface area contributed by atoms with Gasteiger partial charge in [0.2, 0.25) is 5.91 Å². The van der Waals surface area contributed by atoms with Gasteiger partial charge in [-0.15, -0.1) is 0 Å². The van der Waals surface area contributed by atoms with Gasteiger partial charge in [0.05, 0.1) is 12.7 Å². The lowest BCUT2D eigenvalue weighted by atomic mass is 9.74. The number of carbonyl (C=O) groups is 1. The first-order chi connectivity index (χ1) is 11.7.